The van der Waals surface area contributed by atoms with Gasteiger partial charge in [-0.3, -0.25) is 10.00 Å². The van der Waals surface area contributed by atoms with Crippen LogP contribution in [-0.4, -0.2) is 51.9 Å². The number of carbonyl (C=O) groups excluding carboxylic acids is 1. The summed E-state index contributed by atoms with van der Waals surface area (Å²) in [4.78, 5) is 18.9. The number of nitrogens with zero attached hydrogens (tertiary/aromatic N) is 4. The monoisotopic (exact) mass is 364 g/mol. The summed E-state index contributed by atoms with van der Waals surface area (Å²) in [6, 6.07) is 8.12. The summed E-state index contributed by atoms with van der Waals surface area (Å²) in [6.45, 7) is 2.02. The van der Waals surface area contributed by atoms with E-state index >= 15 is 0 Å². The third-order valence-electron chi connectivity index (χ3n) is 5.06. The lowest BCUT2D eigenvalue weighted by Crippen LogP contribution is -2.44. The highest BCUT2D eigenvalue weighted by Crippen LogP contribution is 2.25. The number of aromatic nitrogens is 3. The van der Waals surface area contributed by atoms with E-state index in [1.165, 1.54) is 0 Å². The predicted octanol–water partition coefficient (Wildman–Crippen LogP) is 2.85. The molecular weight excluding hydrogens is 340 g/mol. The second-order valence-corrected chi connectivity index (χ2v) is 7.21. The molecule has 0 atom stereocenters. The second kappa shape index (κ2) is 7.36. The van der Waals surface area contributed by atoms with Crippen LogP contribution in [0.3, 0.4) is 0 Å². The van der Waals surface area contributed by atoms with Gasteiger partial charge in [0.25, 0.3) is 0 Å². The molecule has 1 aromatic carbocycles. The Labute approximate surface area is 158 Å². The van der Waals surface area contributed by atoms with E-state index in [2.05, 4.69) is 44.8 Å². The van der Waals surface area contributed by atoms with E-state index in [9.17, 15) is 4.79 Å². The number of benzene rings is 1. The minimum absolute atomic E-state index is 0.195. The van der Waals surface area contributed by atoms with Crippen molar-refractivity contribution in [1.82, 2.24) is 25.0 Å². The molecule has 2 N–H and O–H groups in total. The maximum atomic E-state index is 12.3. The number of hydrogen-bond donors (Lipinski definition) is 2. The fourth-order valence-corrected chi connectivity index (χ4v) is 3.45. The predicted molar refractivity (Wildman–Crippen MR) is 107 cm³/mol. The van der Waals surface area contributed by atoms with Crippen molar-refractivity contribution in [3.63, 3.8) is 0 Å². The van der Waals surface area contributed by atoms with Gasteiger partial charge in [0, 0.05) is 36.4 Å². The highest BCUT2D eigenvalue weighted by molar-refractivity contribution is 5.93. The van der Waals surface area contributed by atoms with Gasteiger partial charge in [0.2, 0.25) is 0 Å². The molecule has 0 aliphatic carbocycles. The zero-order chi connectivity index (χ0) is 18.8. The summed E-state index contributed by atoms with van der Waals surface area (Å²) in [5, 5.41) is 12.2. The number of nitrogens with one attached hydrogen (secondary N) is 2. The van der Waals surface area contributed by atoms with Crippen LogP contribution in [0, 0.1) is 0 Å². The molecule has 4 rings (SSSR count). The number of amides is 2. The quantitative estimate of drug-likeness (QED) is 0.749. The summed E-state index contributed by atoms with van der Waals surface area (Å²) in [6.07, 6.45) is 7.56. The molecule has 1 fully saturated rings. The zero-order valence-electron chi connectivity index (χ0n) is 15.6. The molecule has 1 aliphatic heterocycles. The first-order valence-corrected chi connectivity index (χ1v) is 9.22. The fourth-order valence-electron chi connectivity index (χ4n) is 3.45. The highest BCUT2D eigenvalue weighted by Gasteiger charge is 2.18. The third-order valence-corrected chi connectivity index (χ3v) is 5.06. The SMILES string of the molecule is CN1CCC(NC(=O)Nc2cc3cc(-c4cnn(C)c4)ccc3cn2)CC1. The maximum absolute atomic E-state index is 12.3. The van der Waals surface area contributed by atoms with Gasteiger partial charge in [0.1, 0.15) is 5.82 Å². The van der Waals surface area contributed by atoms with Crippen molar-refractivity contribution in [2.24, 2.45) is 7.05 Å². The number of fused-ring (bicyclic) bond motifs is 1. The molecule has 2 amide bonds. The van der Waals surface area contributed by atoms with Crippen LogP contribution in [0.15, 0.2) is 42.9 Å². The number of carbonyl (C=O) groups is 1. The average Bonchev–Trinajstić information content (AvgIpc) is 3.09. The number of rotatable bonds is 3. The first-order valence-electron chi connectivity index (χ1n) is 9.22. The van der Waals surface area contributed by atoms with Crippen molar-refractivity contribution >= 4 is 22.6 Å². The average molecular weight is 364 g/mol. The number of pyridine rings is 1. The van der Waals surface area contributed by atoms with Gasteiger partial charge in [-0.2, -0.15) is 5.10 Å². The largest absolute Gasteiger partial charge is 0.335 e. The van der Waals surface area contributed by atoms with Gasteiger partial charge >= 0.3 is 6.03 Å². The van der Waals surface area contributed by atoms with Gasteiger partial charge in [-0.25, -0.2) is 9.78 Å². The van der Waals surface area contributed by atoms with Crippen molar-refractivity contribution in [2.75, 3.05) is 25.5 Å². The van der Waals surface area contributed by atoms with Gasteiger partial charge in [-0.15, -0.1) is 0 Å². The minimum atomic E-state index is -0.195. The summed E-state index contributed by atoms with van der Waals surface area (Å²) >= 11 is 0. The Morgan fingerprint density at radius 2 is 1.89 bits per heavy atom. The van der Waals surface area contributed by atoms with Gasteiger partial charge < -0.3 is 10.2 Å². The summed E-state index contributed by atoms with van der Waals surface area (Å²) in [7, 11) is 4.01. The van der Waals surface area contributed by atoms with Crippen LogP contribution in [0.1, 0.15) is 12.8 Å². The second-order valence-electron chi connectivity index (χ2n) is 7.21. The molecule has 0 saturated carbocycles. The Hall–Kier alpha value is -2.93. The van der Waals surface area contributed by atoms with Crippen LogP contribution in [-0.2, 0) is 7.05 Å². The van der Waals surface area contributed by atoms with Crippen molar-refractivity contribution in [3.8, 4) is 11.1 Å². The molecule has 3 heterocycles. The minimum Gasteiger partial charge on any atom is -0.335 e. The van der Waals surface area contributed by atoms with Crippen LogP contribution < -0.4 is 10.6 Å². The van der Waals surface area contributed by atoms with Crippen molar-refractivity contribution in [3.05, 3.63) is 42.9 Å². The molecule has 0 bridgehead atoms. The first kappa shape index (κ1) is 17.5. The lowest BCUT2D eigenvalue weighted by Gasteiger charge is -2.29. The molecule has 0 radical (unpaired) electrons. The Bertz CT molecular complexity index is 958. The number of likely N-dealkylation sites (tertiary alicyclic amines) is 1. The number of piperidine rings is 1. The van der Waals surface area contributed by atoms with Gasteiger partial charge in [-0.05, 0) is 56.1 Å². The molecule has 1 saturated heterocycles. The number of urea groups is 1. The zero-order valence-corrected chi connectivity index (χ0v) is 15.6. The van der Waals surface area contributed by atoms with Crippen molar-refractivity contribution < 1.29 is 4.79 Å². The Kier molecular flexibility index (Phi) is 4.77. The van der Waals surface area contributed by atoms with Crippen LogP contribution in [0.2, 0.25) is 0 Å². The summed E-state index contributed by atoms with van der Waals surface area (Å²) in [5.74, 6) is 0.552. The molecule has 0 spiro atoms. The molecule has 7 nitrogen and oxygen atoms in total. The molecule has 3 aromatic rings. The highest BCUT2D eigenvalue weighted by atomic mass is 16.2. The van der Waals surface area contributed by atoms with Crippen LogP contribution in [0.25, 0.3) is 21.9 Å². The number of anilines is 1. The molecule has 140 valence electrons. The van der Waals surface area contributed by atoms with E-state index in [1.54, 1.807) is 10.9 Å². The smallest absolute Gasteiger partial charge is 0.320 e. The normalized spacial score (nSPS) is 15.8. The lowest BCUT2D eigenvalue weighted by atomic mass is 10.1. The third kappa shape index (κ3) is 4.09. The van der Waals surface area contributed by atoms with E-state index in [1.807, 2.05) is 31.6 Å². The Balaban J connectivity index is 1.48. The summed E-state index contributed by atoms with van der Waals surface area (Å²) in [5.41, 5.74) is 2.15. The molecule has 0 unspecified atom stereocenters. The summed E-state index contributed by atoms with van der Waals surface area (Å²) < 4.78 is 1.78. The van der Waals surface area contributed by atoms with E-state index in [4.69, 9.17) is 0 Å². The topological polar surface area (TPSA) is 75.1 Å². The lowest BCUT2D eigenvalue weighted by molar-refractivity contribution is 0.221. The first-order chi connectivity index (χ1) is 13.1. The van der Waals surface area contributed by atoms with Gasteiger partial charge in [0.05, 0.1) is 6.20 Å². The molecule has 2 aromatic heterocycles. The van der Waals surface area contributed by atoms with Gasteiger partial charge in [-0.1, -0.05) is 12.1 Å². The van der Waals surface area contributed by atoms with Crippen molar-refractivity contribution in [1.29, 1.82) is 0 Å². The fraction of sp³-hybridized carbons (Fsp3) is 0.350. The van der Waals surface area contributed by atoms with E-state index < -0.39 is 0 Å². The van der Waals surface area contributed by atoms with E-state index in [0.717, 1.165) is 47.8 Å². The molecule has 7 heteroatoms. The molecular formula is C20H24N6O. The Morgan fingerprint density at radius 1 is 1.07 bits per heavy atom. The van der Waals surface area contributed by atoms with E-state index in [0.29, 0.717) is 5.82 Å². The van der Waals surface area contributed by atoms with Crippen LogP contribution in [0.5, 0.6) is 0 Å². The van der Waals surface area contributed by atoms with E-state index in [-0.39, 0.29) is 12.1 Å². The number of hydrogen-bond acceptors (Lipinski definition) is 4. The standard InChI is InChI=1S/C20H24N6O/c1-25-7-5-18(6-8-25)23-20(27)24-19-10-16-9-14(3-4-15(16)11-21-19)17-12-22-26(2)13-17/h3-4,9-13,18H,5-8H2,1-2H3,(H2,21,23,24,27). The van der Waals surface area contributed by atoms with Gasteiger partial charge in [0.15, 0.2) is 0 Å². The van der Waals surface area contributed by atoms with Crippen LogP contribution in [0.4, 0.5) is 10.6 Å². The van der Waals surface area contributed by atoms with Crippen molar-refractivity contribution in [2.45, 2.75) is 18.9 Å². The molecule has 1 aliphatic rings. The maximum Gasteiger partial charge on any atom is 0.320 e. The van der Waals surface area contributed by atoms with Crippen LogP contribution >= 0.6 is 0 Å². The molecule has 27 heavy (non-hydrogen) atoms. The Morgan fingerprint density at radius 3 is 2.63 bits per heavy atom. The number of aryl methyl sites for hydroxylation is 1.